The fourth-order valence-electron chi connectivity index (χ4n) is 2.46. The molecule has 0 atom stereocenters. The maximum absolute atomic E-state index is 11.0. The van der Waals surface area contributed by atoms with Gasteiger partial charge < -0.3 is 0 Å². The summed E-state index contributed by atoms with van der Waals surface area (Å²) in [6.45, 7) is 0. The lowest BCUT2D eigenvalue weighted by molar-refractivity contribution is -0.105. The average Bonchev–Trinajstić information content (AvgIpc) is 2.39. The molecule has 0 aromatic heterocycles. The maximum atomic E-state index is 11.0. The van der Waals surface area contributed by atoms with Crippen LogP contribution in [0.15, 0.2) is 42.0 Å². The molecule has 0 saturated heterocycles. The van der Waals surface area contributed by atoms with Crippen molar-refractivity contribution in [3.8, 4) is 0 Å². The maximum Gasteiger partial charge on any atom is 0.147 e. The molecule has 0 N–H and O–H groups in total. The number of hydrogen-bond donors (Lipinski definition) is 0. The van der Waals surface area contributed by atoms with Crippen molar-refractivity contribution in [2.45, 2.75) is 12.8 Å². The van der Waals surface area contributed by atoms with Crippen molar-refractivity contribution in [3.63, 3.8) is 0 Å². The van der Waals surface area contributed by atoms with Crippen molar-refractivity contribution >= 4 is 37.5 Å². The molecule has 0 unspecified atom stereocenters. The van der Waals surface area contributed by atoms with E-state index >= 15 is 0 Å². The van der Waals surface area contributed by atoms with Gasteiger partial charge in [0.2, 0.25) is 0 Å². The van der Waals surface area contributed by atoms with Crippen LogP contribution in [0, 0.1) is 0 Å². The predicted octanol–water partition coefficient (Wildman–Crippen LogP) is 4.09. The molecule has 0 radical (unpaired) electrons. The van der Waals surface area contributed by atoms with Crippen LogP contribution < -0.4 is 0 Å². The fraction of sp³-hybridized carbons (Fsp3) is 0.133. The molecule has 1 aliphatic rings. The lowest BCUT2D eigenvalue weighted by atomic mass is 9.89. The number of fused-ring (bicyclic) bond motifs is 3. The van der Waals surface area contributed by atoms with Crippen molar-refractivity contribution in [3.05, 3.63) is 53.1 Å². The van der Waals surface area contributed by atoms with Crippen LogP contribution >= 0.6 is 15.9 Å². The minimum Gasteiger partial charge on any atom is -0.298 e. The van der Waals surface area contributed by atoms with E-state index in [0.717, 1.165) is 34.7 Å². The SMILES string of the molecule is O=CC1=C(Br)c2ccc3ccccc3c2CC1. The Kier molecular flexibility index (Phi) is 2.60. The third-order valence-electron chi connectivity index (χ3n) is 3.35. The van der Waals surface area contributed by atoms with Crippen LogP contribution in [-0.4, -0.2) is 6.29 Å². The molecule has 0 spiro atoms. The molecular weight excluding hydrogens is 276 g/mol. The van der Waals surface area contributed by atoms with Crippen molar-refractivity contribution in [2.75, 3.05) is 0 Å². The highest BCUT2D eigenvalue weighted by atomic mass is 79.9. The molecule has 0 aliphatic heterocycles. The molecule has 1 aliphatic carbocycles. The second kappa shape index (κ2) is 4.11. The monoisotopic (exact) mass is 286 g/mol. The van der Waals surface area contributed by atoms with E-state index < -0.39 is 0 Å². The summed E-state index contributed by atoms with van der Waals surface area (Å²) in [5.74, 6) is 0. The molecule has 0 bridgehead atoms. The molecule has 0 saturated carbocycles. The van der Waals surface area contributed by atoms with E-state index in [1.165, 1.54) is 16.3 Å². The Morgan fingerprint density at radius 2 is 1.88 bits per heavy atom. The number of halogens is 1. The highest BCUT2D eigenvalue weighted by Crippen LogP contribution is 2.37. The number of hydrogen-bond acceptors (Lipinski definition) is 1. The Labute approximate surface area is 108 Å². The zero-order chi connectivity index (χ0) is 11.8. The van der Waals surface area contributed by atoms with Gasteiger partial charge in [0.15, 0.2) is 0 Å². The summed E-state index contributed by atoms with van der Waals surface area (Å²) in [6, 6.07) is 12.6. The van der Waals surface area contributed by atoms with Crippen LogP contribution in [0.3, 0.4) is 0 Å². The lowest BCUT2D eigenvalue weighted by Gasteiger charge is -2.19. The van der Waals surface area contributed by atoms with E-state index in [1.54, 1.807) is 0 Å². The van der Waals surface area contributed by atoms with Crippen LogP contribution in [0.1, 0.15) is 17.5 Å². The van der Waals surface area contributed by atoms with Gasteiger partial charge >= 0.3 is 0 Å². The largest absolute Gasteiger partial charge is 0.298 e. The molecular formula is C15H11BrO. The Morgan fingerprint density at radius 1 is 1.06 bits per heavy atom. The van der Waals surface area contributed by atoms with Crippen LogP contribution in [0.5, 0.6) is 0 Å². The zero-order valence-electron chi connectivity index (χ0n) is 9.24. The van der Waals surface area contributed by atoms with Gasteiger partial charge in [-0.15, -0.1) is 0 Å². The highest BCUT2D eigenvalue weighted by molar-refractivity contribution is 9.15. The highest BCUT2D eigenvalue weighted by Gasteiger charge is 2.18. The summed E-state index contributed by atoms with van der Waals surface area (Å²) in [5, 5.41) is 2.56. The standard InChI is InChI=1S/C15H11BrO/c16-15-11(9-17)6-7-13-12-4-2-1-3-10(12)5-8-14(13)15/h1-5,8-9H,6-7H2. The predicted molar refractivity (Wildman–Crippen MR) is 74.2 cm³/mol. The second-order valence-corrected chi connectivity index (χ2v) is 5.06. The van der Waals surface area contributed by atoms with E-state index in [9.17, 15) is 4.79 Å². The first kappa shape index (κ1) is 10.7. The number of benzene rings is 2. The summed E-state index contributed by atoms with van der Waals surface area (Å²) in [5.41, 5.74) is 3.38. The van der Waals surface area contributed by atoms with Gasteiger partial charge in [0, 0.05) is 10.1 Å². The van der Waals surface area contributed by atoms with Gasteiger partial charge in [-0.3, -0.25) is 4.79 Å². The fourth-order valence-corrected chi connectivity index (χ4v) is 3.13. The Bertz CT molecular complexity index is 640. The van der Waals surface area contributed by atoms with Gasteiger partial charge in [0.25, 0.3) is 0 Å². The van der Waals surface area contributed by atoms with Crippen LogP contribution in [-0.2, 0) is 11.2 Å². The lowest BCUT2D eigenvalue weighted by Crippen LogP contribution is -2.03. The number of aryl methyl sites for hydroxylation is 1. The minimum absolute atomic E-state index is 0.824. The van der Waals surface area contributed by atoms with Gasteiger partial charge in [-0.2, -0.15) is 0 Å². The number of rotatable bonds is 1. The number of allylic oxidation sites excluding steroid dienone is 1. The van der Waals surface area contributed by atoms with Crippen molar-refractivity contribution in [1.29, 1.82) is 0 Å². The third-order valence-corrected chi connectivity index (χ3v) is 4.28. The molecule has 2 aromatic carbocycles. The van der Waals surface area contributed by atoms with Gasteiger partial charge in [-0.05, 0) is 50.7 Å². The van der Waals surface area contributed by atoms with E-state index in [4.69, 9.17) is 0 Å². The van der Waals surface area contributed by atoms with Gasteiger partial charge in [0.05, 0.1) is 0 Å². The van der Waals surface area contributed by atoms with Crippen LogP contribution in [0.4, 0.5) is 0 Å². The third kappa shape index (κ3) is 1.64. The average molecular weight is 287 g/mol. The molecule has 17 heavy (non-hydrogen) atoms. The van der Waals surface area contributed by atoms with Gasteiger partial charge in [-0.25, -0.2) is 0 Å². The summed E-state index contributed by atoms with van der Waals surface area (Å²) in [6.07, 6.45) is 2.73. The van der Waals surface area contributed by atoms with E-state index in [1.807, 2.05) is 0 Å². The number of carbonyl (C=O) groups excluding carboxylic acids is 1. The first-order chi connectivity index (χ1) is 8.31. The smallest absolute Gasteiger partial charge is 0.147 e. The molecule has 2 aromatic rings. The number of aldehydes is 1. The van der Waals surface area contributed by atoms with Gasteiger partial charge in [-0.1, -0.05) is 36.4 Å². The van der Waals surface area contributed by atoms with Crippen LogP contribution in [0.25, 0.3) is 15.3 Å². The van der Waals surface area contributed by atoms with Crippen LogP contribution in [0.2, 0.25) is 0 Å². The summed E-state index contributed by atoms with van der Waals surface area (Å²) in [4.78, 5) is 11.0. The molecule has 0 amide bonds. The molecule has 1 nitrogen and oxygen atoms in total. The minimum atomic E-state index is 0.824. The van der Waals surface area contributed by atoms with E-state index in [0.29, 0.717) is 0 Å². The van der Waals surface area contributed by atoms with Crippen molar-refractivity contribution in [1.82, 2.24) is 0 Å². The first-order valence-electron chi connectivity index (χ1n) is 5.66. The normalized spacial score (nSPS) is 14.9. The summed E-state index contributed by atoms with van der Waals surface area (Å²) >= 11 is 3.55. The summed E-state index contributed by atoms with van der Waals surface area (Å²) in [7, 11) is 0. The first-order valence-corrected chi connectivity index (χ1v) is 6.45. The van der Waals surface area contributed by atoms with Crippen molar-refractivity contribution in [2.24, 2.45) is 0 Å². The Balaban J connectivity index is 2.34. The quantitative estimate of drug-likeness (QED) is 0.722. The second-order valence-electron chi connectivity index (χ2n) is 4.27. The Morgan fingerprint density at radius 3 is 2.71 bits per heavy atom. The topological polar surface area (TPSA) is 17.1 Å². The molecule has 2 heteroatoms. The van der Waals surface area contributed by atoms with E-state index in [-0.39, 0.29) is 0 Å². The Hall–Kier alpha value is -1.41. The van der Waals surface area contributed by atoms with Gasteiger partial charge in [0.1, 0.15) is 6.29 Å². The molecule has 0 fully saturated rings. The van der Waals surface area contributed by atoms with Crippen molar-refractivity contribution < 1.29 is 4.79 Å². The zero-order valence-corrected chi connectivity index (χ0v) is 10.8. The molecule has 3 rings (SSSR count). The number of carbonyl (C=O) groups is 1. The van der Waals surface area contributed by atoms with E-state index in [2.05, 4.69) is 52.3 Å². The molecule has 84 valence electrons. The molecule has 0 heterocycles. The summed E-state index contributed by atoms with van der Waals surface area (Å²) < 4.78 is 0.958.